The van der Waals surface area contributed by atoms with Gasteiger partial charge in [0.15, 0.2) is 0 Å². The lowest BCUT2D eigenvalue weighted by molar-refractivity contribution is -0.139. The van der Waals surface area contributed by atoms with Crippen LogP contribution >= 0.6 is 0 Å². The van der Waals surface area contributed by atoms with Crippen molar-refractivity contribution in [3.63, 3.8) is 0 Å². The molecule has 0 saturated heterocycles. The number of unbranched alkanes of at least 4 members (excludes halogenated alkanes) is 3. The van der Waals surface area contributed by atoms with E-state index >= 15 is 0 Å². The summed E-state index contributed by atoms with van der Waals surface area (Å²) in [4.78, 5) is 19.8. The van der Waals surface area contributed by atoms with Gasteiger partial charge in [-0.05, 0) is 69.0 Å². The van der Waals surface area contributed by atoms with E-state index in [0.29, 0.717) is 18.8 Å². The van der Waals surface area contributed by atoms with E-state index < -0.39 is 0 Å². The fourth-order valence-electron chi connectivity index (χ4n) is 2.26. The first-order valence-electron chi connectivity index (χ1n) is 9.16. The molecule has 27 heavy (non-hydrogen) atoms. The highest BCUT2D eigenvalue weighted by molar-refractivity contribution is 5.86. The predicted octanol–water partition coefficient (Wildman–Crippen LogP) is 4.89. The zero-order chi connectivity index (χ0) is 19.3. The van der Waals surface area contributed by atoms with Crippen molar-refractivity contribution in [2.45, 2.75) is 32.6 Å². The lowest BCUT2D eigenvalue weighted by Gasteiger charge is -2.07. The molecule has 0 atom stereocenters. The SMILES string of the molecule is C=C(C)C(=O)OCCCCCCOc1ccc(N=Cc2ccccn2)cc1. The Bertz CT molecular complexity index is 740. The van der Waals surface area contributed by atoms with Crippen molar-refractivity contribution < 1.29 is 14.3 Å². The van der Waals surface area contributed by atoms with E-state index in [1.165, 1.54) is 0 Å². The molecule has 0 spiro atoms. The number of pyridine rings is 1. The van der Waals surface area contributed by atoms with Crippen molar-refractivity contribution in [3.05, 3.63) is 66.5 Å². The minimum atomic E-state index is -0.314. The van der Waals surface area contributed by atoms with Gasteiger partial charge < -0.3 is 9.47 Å². The summed E-state index contributed by atoms with van der Waals surface area (Å²) in [6.07, 6.45) is 7.36. The van der Waals surface area contributed by atoms with Crippen LogP contribution in [0.25, 0.3) is 0 Å². The first-order chi connectivity index (χ1) is 13.1. The van der Waals surface area contributed by atoms with Crippen LogP contribution in [0.1, 0.15) is 38.3 Å². The largest absolute Gasteiger partial charge is 0.494 e. The van der Waals surface area contributed by atoms with Crippen LogP contribution < -0.4 is 4.74 Å². The molecule has 5 nitrogen and oxygen atoms in total. The predicted molar refractivity (Wildman–Crippen MR) is 108 cm³/mol. The number of nitrogens with zero attached hydrogens (tertiary/aromatic N) is 2. The van der Waals surface area contributed by atoms with Crippen molar-refractivity contribution in [1.29, 1.82) is 0 Å². The molecule has 0 aliphatic rings. The monoisotopic (exact) mass is 366 g/mol. The Morgan fingerprint density at radius 1 is 1.07 bits per heavy atom. The van der Waals surface area contributed by atoms with Crippen LogP contribution in [0.15, 0.2) is 65.8 Å². The molecule has 0 aliphatic carbocycles. The quantitative estimate of drug-likeness (QED) is 0.246. The van der Waals surface area contributed by atoms with E-state index in [-0.39, 0.29) is 5.97 Å². The normalized spacial score (nSPS) is 10.7. The summed E-state index contributed by atoms with van der Waals surface area (Å²) in [6.45, 7) is 6.32. The maximum atomic E-state index is 11.2. The maximum absolute atomic E-state index is 11.2. The van der Waals surface area contributed by atoms with E-state index in [4.69, 9.17) is 9.47 Å². The zero-order valence-electron chi connectivity index (χ0n) is 15.8. The van der Waals surface area contributed by atoms with Crippen molar-refractivity contribution in [2.24, 2.45) is 4.99 Å². The standard InChI is InChI=1S/C22H26N2O3/c1-18(2)22(25)27-16-8-4-3-7-15-26-21-12-10-19(11-13-21)24-17-20-9-5-6-14-23-20/h5-6,9-14,17H,1,3-4,7-8,15-16H2,2H3. The Labute approximate surface area is 160 Å². The van der Waals surface area contributed by atoms with Crippen LogP contribution in [0.5, 0.6) is 5.75 Å². The first-order valence-corrected chi connectivity index (χ1v) is 9.16. The highest BCUT2D eigenvalue weighted by atomic mass is 16.5. The molecule has 5 heteroatoms. The van der Waals surface area contributed by atoms with Crippen LogP contribution in [0.4, 0.5) is 5.69 Å². The highest BCUT2D eigenvalue weighted by Gasteiger charge is 2.02. The minimum Gasteiger partial charge on any atom is -0.494 e. The van der Waals surface area contributed by atoms with Crippen molar-refractivity contribution in [2.75, 3.05) is 13.2 Å². The van der Waals surface area contributed by atoms with Crippen LogP contribution in [0, 0.1) is 0 Å². The minimum absolute atomic E-state index is 0.314. The average molecular weight is 366 g/mol. The van der Waals surface area contributed by atoms with Gasteiger partial charge in [0.25, 0.3) is 0 Å². The van der Waals surface area contributed by atoms with Crippen LogP contribution in [0.3, 0.4) is 0 Å². The van der Waals surface area contributed by atoms with Gasteiger partial charge in [0.1, 0.15) is 5.75 Å². The zero-order valence-corrected chi connectivity index (χ0v) is 15.8. The van der Waals surface area contributed by atoms with Crippen LogP contribution in [0.2, 0.25) is 0 Å². The van der Waals surface area contributed by atoms with E-state index in [0.717, 1.165) is 42.8 Å². The molecule has 1 aromatic heterocycles. The Kier molecular flexibility index (Phi) is 8.77. The number of carbonyl (C=O) groups excluding carboxylic acids is 1. The van der Waals surface area contributed by atoms with Gasteiger partial charge in [-0.15, -0.1) is 0 Å². The number of carbonyl (C=O) groups is 1. The number of esters is 1. The Morgan fingerprint density at radius 2 is 1.81 bits per heavy atom. The molecule has 2 rings (SSSR count). The summed E-state index contributed by atoms with van der Waals surface area (Å²) in [5, 5.41) is 0. The third-order valence-electron chi connectivity index (χ3n) is 3.76. The maximum Gasteiger partial charge on any atom is 0.333 e. The van der Waals surface area contributed by atoms with E-state index in [1.54, 1.807) is 19.3 Å². The molecule has 2 aromatic rings. The van der Waals surface area contributed by atoms with Gasteiger partial charge in [-0.25, -0.2) is 4.79 Å². The van der Waals surface area contributed by atoms with Gasteiger partial charge in [0.05, 0.1) is 30.8 Å². The summed E-state index contributed by atoms with van der Waals surface area (Å²) in [5.74, 6) is 0.522. The van der Waals surface area contributed by atoms with Gasteiger partial charge >= 0.3 is 5.97 Å². The molecular formula is C22H26N2O3. The summed E-state index contributed by atoms with van der Waals surface area (Å²) in [5.41, 5.74) is 2.13. The third kappa shape index (κ3) is 8.31. The average Bonchev–Trinajstić information content (AvgIpc) is 2.69. The topological polar surface area (TPSA) is 60.8 Å². The number of rotatable bonds is 11. The molecule has 1 aromatic carbocycles. The summed E-state index contributed by atoms with van der Waals surface area (Å²) in [7, 11) is 0. The molecule has 0 unspecified atom stereocenters. The number of aromatic nitrogens is 1. The number of hydrogen-bond donors (Lipinski definition) is 0. The Hall–Kier alpha value is -2.95. The van der Waals surface area contributed by atoms with Gasteiger partial charge in [0.2, 0.25) is 0 Å². The molecule has 0 fully saturated rings. The fraction of sp³-hybridized carbons (Fsp3) is 0.318. The second kappa shape index (κ2) is 11.6. The fourth-order valence-corrected chi connectivity index (χ4v) is 2.26. The second-order valence-electron chi connectivity index (χ2n) is 6.19. The molecule has 0 saturated carbocycles. The molecule has 0 bridgehead atoms. The van der Waals surface area contributed by atoms with E-state index in [1.807, 2.05) is 42.5 Å². The van der Waals surface area contributed by atoms with Crippen molar-refractivity contribution >= 4 is 17.9 Å². The number of benzene rings is 1. The molecule has 1 heterocycles. The molecular weight excluding hydrogens is 340 g/mol. The summed E-state index contributed by atoms with van der Waals surface area (Å²) < 4.78 is 10.8. The first kappa shape index (κ1) is 20.4. The Morgan fingerprint density at radius 3 is 2.48 bits per heavy atom. The lowest BCUT2D eigenvalue weighted by Crippen LogP contribution is -2.06. The van der Waals surface area contributed by atoms with Gasteiger partial charge in [-0.1, -0.05) is 12.6 Å². The number of aliphatic imine (C=N–C) groups is 1. The third-order valence-corrected chi connectivity index (χ3v) is 3.76. The number of ether oxygens (including phenoxy) is 2. The summed E-state index contributed by atoms with van der Waals surface area (Å²) >= 11 is 0. The van der Waals surface area contributed by atoms with Gasteiger partial charge in [0, 0.05) is 11.8 Å². The molecule has 0 aliphatic heterocycles. The molecule has 0 radical (unpaired) electrons. The van der Waals surface area contributed by atoms with E-state index in [2.05, 4.69) is 16.6 Å². The molecule has 0 amide bonds. The van der Waals surface area contributed by atoms with Gasteiger partial charge in [-0.2, -0.15) is 0 Å². The second-order valence-corrected chi connectivity index (χ2v) is 6.19. The lowest BCUT2D eigenvalue weighted by atomic mass is 10.2. The van der Waals surface area contributed by atoms with Crippen LogP contribution in [-0.4, -0.2) is 30.4 Å². The van der Waals surface area contributed by atoms with Crippen LogP contribution in [-0.2, 0) is 9.53 Å². The van der Waals surface area contributed by atoms with Crippen molar-refractivity contribution in [1.82, 2.24) is 4.98 Å². The highest BCUT2D eigenvalue weighted by Crippen LogP contribution is 2.18. The summed E-state index contributed by atoms with van der Waals surface area (Å²) in [6, 6.07) is 13.4. The van der Waals surface area contributed by atoms with Gasteiger partial charge in [-0.3, -0.25) is 9.98 Å². The van der Waals surface area contributed by atoms with Crippen molar-refractivity contribution in [3.8, 4) is 5.75 Å². The smallest absolute Gasteiger partial charge is 0.333 e. The Balaban J connectivity index is 1.58. The molecule has 142 valence electrons. The number of hydrogen-bond acceptors (Lipinski definition) is 5. The molecule has 0 N–H and O–H groups in total. The van der Waals surface area contributed by atoms with E-state index in [9.17, 15) is 4.79 Å².